The monoisotopic (exact) mass is 697 g/mol. The van der Waals surface area contributed by atoms with Gasteiger partial charge in [0, 0.05) is 23.7 Å². The fraction of sp³-hybridized carbons (Fsp3) is 0.400. The minimum absolute atomic E-state index is 0.0234. The third-order valence-electron chi connectivity index (χ3n) is 8.60. The fourth-order valence-corrected chi connectivity index (χ4v) is 8.60. The molecule has 0 saturated heterocycles. The first kappa shape index (κ1) is 36.8. The lowest BCUT2D eigenvalue weighted by molar-refractivity contribution is -0.143. The van der Waals surface area contributed by atoms with E-state index in [1.54, 1.807) is 36.4 Å². The van der Waals surface area contributed by atoms with Crippen LogP contribution in [0.25, 0.3) is 0 Å². The largest absolute Gasteiger partial charge is 0.483 e. The van der Waals surface area contributed by atoms with Crippen molar-refractivity contribution in [1.29, 1.82) is 0 Å². The van der Waals surface area contributed by atoms with Gasteiger partial charge in [-0.25, -0.2) is 13.2 Å². The number of nitrogens with one attached hydrogen (secondary N) is 2. The quantitative estimate of drug-likeness (QED) is 0.164. The molecule has 1 unspecified atom stereocenters. The number of para-hydroxylation sites is 1. The number of carboxylic acids is 1. The van der Waals surface area contributed by atoms with Gasteiger partial charge in [0.1, 0.15) is 17.8 Å². The van der Waals surface area contributed by atoms with Crippen LogP contribution in [-0.4, -0.2) is 74.2 Å². The van der Waals surface area contributed by atoms with Crippen molar-refractivity contribution < 1.29 is 37.8 Å². The minimum atomic E-state index is -3.80. The highest BCUT2D eigenvalue weighted by molar-refractivity contribution is 7.98. The van der Waals surface area contributed by atoms with Crippen LogP contribution in [0.2, 0.25) is 0 Å². The molecular weight excluding hydrogens is 655 g/mol. The summed E-state index contributed by atoms with van der Waals surface area (Å²) < 4.78 is 34.3. The van der Waals surface area contributed by atoms with Gasteiger partial charge in [-0.05, 0) is 42.9 Å². The van der Waals surface area contributed by atoms with E-state index < -0.39 is 58.3 Å². The maximum absolute atomic E-state index is 14.2. The van der Waals surface area contributed by atoms with Gasteiger partial charge in [-0.2, -0.15) is 0 Å². The predicted molar refractivity (Wildman–Crippen MR) is 185 cm³/mol. The molecule has 1 aliphatic heterocycles. The molecule has 11 nitrogen and oxygen atoms in total. The van der Waals surface area contributed by atoms with Crippen molar-refractivity contribution >= 4 is 50.8 Å². The summed E-state index contributed by atoms with van der Waals surface area (Å²) in [6, 6.07) is 18.4. The number of carboxylic acid groups (broad SMARTS) is 1. The van der Waals surface area contributed by atoms with Gasteiger partial charge in [0.05, 0.1) is 27.8 Å². The molecule has 3 aromatic rings. The van der Waals surface area contributed by atoms with E-state index in [1.165, 1.54) is 17.8 Å². The summed E-state index contributed by atoms with van der Waals surface area (Å²) in [5.41, 5.74) is 1.33. The molecule has 0 saturated carbocycles. The molecule has 0 spiro atoms. The molecule has 258 valence electrons. The Morgan fingerprint density at radius 1 is 1.02 bits per heavy atom. The van der Waals surface area contributed by atoms with Crippen LogP contribution >= 0.6 is 11.8 Å². The molecule has 0 radical (unpaired) electrons. The minimum Gasteiger partial charge on any atom is -0.483 e. The molecule has 13 heteroatoms. The summed E-state index contributed by atoms with van der Waals surface area (Å²) in [5, 5.41) is 23.5. The molecule has 2 amide bonds. The van der Waals surface area contributed by atoms with Crippen molar-refractivity contribution in [3.8, 4) is 5.75 Å². The number of hydrogen-bond acceptors (Lipinski definition) is 9. The van der Waals surface area contributed by atoms with Gasteiger partial charge in [-0.15, -0.1) is 11.8 Å². The van der Waals surface area contributed by atoms with Crippen LogP contribution in [0.3, 0.4) is 0 Å². The first-order valence-electron chi connectivity index (χ1n) is 15.9. The highest BCUT2D eigenvalue weighted by atomic mass is 32.2. The smallest absolute Gasteiger partial charge is 0.328 e. The van der Waals surface area contributed by atoms with Gasteiger partial charge in [-0.3, -0.25) is 9.59 Å². The number of rotatable bonds is 15. The van der Waals surface area contributed by atoms with E-state index in [4.69, 9.17) is 4.74 Å². The second-order valence-corrected chi connectivity index (χ2v) is 14.7. The van der Waals surface area contributed by atoms with E-state index in [-0.39, 0.29) is 16.4 Å². The highest BCUT2D eigenvalue weighted by Gasteiger charge is 2.42. The topological polar surface area (TPSA) is 162 Å². The fourth-order valence-electron chi connectivity index (χ4n) is 5.87. The lowest BCUT2D eigenvalue weighted by atomic mass is 9.81. The Bertz CT molecular complexity index is 1690. The van der Waals surface area contributed by atoms with Crippen LogP contribution in [0.5, 0.6) is 5.75 Å². The first-order chi connectivity index (χ1) is 23.0. The molecule has 3 atom stereocenters. The normalized spacial score (nSPS) is 18.1. The van der Waals surface area contributed by atoms with Crippen molar-refractivity contribution in [2.75, 3.05) is 36.7 Å². The van der Waals surface area contributed by atoms with Gasteiger partial charge in [0.25, 0.3) is 5.91 Å². The molecule has 0 aliphatic carbocycles. The number of thioether (sulfide) groups is 1. The van der Waals surface area contributed by atoms with Gasteiger partial charge < -0.3 is 30.5 Å². The molecule has 0 aromatic heterocycles. The number of ether oxygens (including phenoxy) is 1. The SMILES string of the molecule is CCCCC1(CC)CN(c2ccccc2)c2cc(SC)c(OCC(=O)N[C@@H](C(=O)N[C@@H](CO)C(=O)O)c3ccccc3)cc2S(=O)(=O)C1. The third kappa shape index (κ3) is 8.69. The van der Waals surface area contributed by atoms with Crippen LogP contribution < -0.4 is 20.3 Å². The van der Waals surface area contributed by atoms with Crippen LogP contribution in [0.4, 0.5) is 11.4 Å². The average Bonchev–Trinajstić information content (AvgIpc) is 3.19. The summed E-state index contributed by atoms with van der Waals surface area (Å²) in [7, 11) is -3.80. The number of sulfone groups is 1. The molecule has 4 N–H and O–H groups in total. The van der Waals surface area contributed by atoms with E-state index in [9.17, 15) is 33.0 Å². The Labute approximate surface area is 286 Å². The Morgan fingerprint density at radius 3 is 2.27 bits per heavy atom. The van der Waals surface area contributed by atoms with Gasteiger partial charge in [0.2, 0.25) is 5.91 Å². The zero-order valence-electron chi connectivity index (χ0n) is 27.3. The van der Waals surface area contributed by atoms with Gasteiger partial charge in [0.15, 0.2) is 16.4 Å². The molecule has 48 heavy (non-hydrogen) atoms. The predicted octanol–water partition coefficient (Wildman–Crippen LogP) is 4.72. The van der Waals surface area contributed by atoms with E-state index in [2.05, 4.69) is 22.5 Å². The number of amides is 2. The number of aliphatic hydroxyl groups excluding tert-OH is 1. The molecule has 1 aliphatic rings. The van der Waals surface area contributed by atoms with Gasteiger partial charge >= 0.3 is 5.97 Å². The summed E-state index contributed by atoms with van der Waals surface area (Å²) in [6.07, 6.45) is 5.13. The summed E-state index contributed by atoms with van der Waals surface area (Å²) in [5.74, 6) is -2.78. The number of benzene rings is 3. The second kappa shape index (κ2) is 16.4. The number of fused-ring (bicyclic) bond motifs is 1. The number of hydrogen-bond donors (Lipinski definition) is 4. The van der Waals surface area contributed by atoms with E-state index in [1.807, 2.05) is 43.5 Å². The average molecular weight is 698 g/mol. The molecule has 0 bridgehead atoms. The highest BCUT2D eigenvalue weighted by Crippen LogP contribution is 2.47. The lowest BCUT2D eigenvalue weighted by Gasteiger charge is -2.36. The number of anilines is 2. The van der Waals surface area contributed by atoms with Crippen LogP contribution in [0.15, 0.2) is 82.6 Å². The van der Waals surface area contributed by atoms with Crippen molar-refractivity contribution in [2.45, 2.75) is 61.4 Å². The van der Waals surface area contributed by atoms with Crippen LogP contribution in [0.1, 0.15) is 51.1 Å². The number of carbonyl (C=O) groups excluding carboxylic acids is 2. The zero-order chi connectivity index (χ0) is 34.9. The first-order valence-corrected chi connectivity index (χ1v) is 18.7. The molecule has 4 rings (SSSR count). The zero-order valence-corrected chi connectivity index (χ0v) is 29.0. The number of unbranched alkanes of at least 4 members (excludes halogenated alkanes) is 1. The van der Waals surface area contributed by atoms with Gasteiger partial charge in [-0.1, -0.05) is 75.2 Å². The molecular formula is C35H43N3O8S2. The number of aliphatic carboxylic acids is 1. The summed E-state index contributed by atoms with van der Waals surface area (Å²) in [6.45, 7) is 3.28. The Kier molecular flexibility index (Phi) is 12.5. The van der Waals surface area contributed by atoms with E-state index in [0.717, 1.165) is 24.9 Å². The second-order valence-electron chi connectivity index (χ2n) is 11.9. The summed E-state index contributed by atoms with van der Waals surface area (Å²) >= 11 is 1.35. The maximum Gasteiger partial charge on any atom is 0.328 e. The maximum atomic E-state index is 14.2. The van der Waals surface area contributed by atoms with Crippen molar-refractivity contribution in [2.24, 2.45) is 5.41 Å². The van der Waals surface area contributed by atoms with Crippen LogP contribution in [-0.2, 0) is 24.2 Å². The van der Waals surface area contributed by atoms with Crippen LogP contribution in [0, 0.1) is 5.41 Å². The van der Waals surface area contributed by atoms with Crippen molar-refractivity contribution in [3.63, 3.8) is 0 Å². The van der Waals surface area contributed by atoms with Crippen molar-refractivity contribution in [1.82, 2.24) is 10.6 Å². The Hall–Kier alpha value is -4.07. The number of aliphatic hydroxyl groups is 1. The van der Waals surface area contributed by atoms with E-state index in [0.29, 0.717) is 29.1 Å². The standard InChI is InChI=1S/C35H43N3O8S2/c1-4-6-17-35(5-2)22-38(25-15-11-8-12-16-25)27-18-29(47-3)28(19-30(27)48(44,45)23-35)46-21-31(40)37-32(24-13-9-7-10-14-24)33(41)36-26(20-39)34(42)43/h7-16,18-19,26,32,39H,4-6,17,20-23H2,1-3H3,(H,36,41)(H,37,40)(H,42,43)/t26-,32+,35?/m0/s1. The number of nitrogens with zero attached hydrogens (tertiary/aromatic N) is 1. The summed E-state index contributed by atoms with van der Waals surface area (Å²) in [4.78, 5) is 40.5. The van der Waals surface area contributed by atoms with E-state index >= 15 is 0 Å². The Balaban J connectivity index is 1.66. The Morgan fingerprint density at radius 2 is 1.69 bits per heavy atom. The molecule has 3 aromatic carbocycles. The van der Waals surface area contributed by atoms with Crippen molar-refractivity contribution in [3.05, 3.63) is 78.4 Å². The lowest BCUT2D eigenvalue weighted by Crippen LogP contribution is -2.49. The molecule has 1 heterocycles. The molecule has 0 fully saturated rings. The number of carbonyl (C=O) groups is 3. The third-order valence-corrected chi connectivity index (χ3v) is 11.3.